The number of allylic oxidation sites excluding steroid dienone is 6. The van der Waals surface area contributed by atoms with Gasteiger partial charge in [-0.05, 0) is 34.8 Å². The van der Waals surface area contributed by atoms with Crippen molar-refractivity contribution >= 4 is 5.91 Å². The molecule has 0 unspecified atom stereocenters. The van der Waals surface area contributed by atoms with Crippen LogP contribution in [0, 0.1) is 5.41 Å². The minimum absolute atomic E-state index is 0.0493. The fourth-order valence-electron chi connectivity index (χ4n) is 2.78. The zero-order chi connectivity index (χ0) is 15.7. The van der Waals surface area contributed by atoms with Crippen LogP contribution in [0.5, 0.6) is 0 Å². The van der Waals surface area contributed by atoms with E-state index in [0.717, 1.165) is 22.4 Å². The molecule has 0 aromatic carbocycles. The fourth-order valence-corrected chi connectivity index (χ4v) is 2.78. The van der Waals surface area contributed by atoms with Gasteiger partial charge in [-0.1, -0.05) is 51.1 Å². The number of pyridine rings is 1. The van der Waals surface area contributed by atoms with Gasteiger partial charge in [0.1, 0.15) is 0 Å². The summed E-state index contributed by atoms with van der Waals surface area (Å²) in [5, 5.41) is 3.16. The van der Waals surface area contributed by atoms with Gasteiger partial charge in [0.2, 0.25) is 0 Å². The van der Waals surface area contributed by atoms with E-state index in [4.69, 9.17) is 0 Å². The van der Waals surface area contributed by atoms with E-state index in [0.29, 0.717) is 0 Å². The lowest BCUT2D eigenvalue weighted by molar-refractivity contribution is -0.118. The normalized spacial score (nSPS) is 17.5. The van der Waals surface area contributed by atoms with Crippen LogP contribution in [0.25, 0.3) is 0 Å². The summed E-state index contributed by atoms with van der Waals surface area (Å²) < 4.78 is 0. The van der Waals surface area contributed by atoms with Gasteiger partial charge in [0, 0.05) is 11.8 Å². The number of aromatic nitrogens is 1. The molecule has 1 aromatic rings. The molecule has 2 aliphatic carbocycles. The number of hydrogen-bond donors (Lipinski definition) is 1. The Morgan fingerprint density at radius 2 is 2.00 bits per heavy atom. The van der Waals surface area contributed by atoms with E-state index in [1.807, 2.05) is 48.6 Å². The molecule has 3 rings (SSSR count). The van der Waals surface area contributed by atoms with E-state index in [1.165, 1.54) is 0 Å². The standard InChI is InChI=1S/C19H20N2O/c1-19(2,3)17(16-9-4-5-12-20-16)21-18(22)15-11-10-13-7-6-8-14(13)15/h4-12,17H,1-3H3,(H,21,22)/t17-/m1/s1. The van der Waals surface area contributed by atoms with Gasteiger partial charge in [0.25, 0.3) is 5.91 Å². The molecule has 0 fully saturated rings. The Morgan fingerprint density at radius 3 is 2.68 bits per heavy atom. The Morgan fingerprint density at radius 1 is 1.18 bits per heavy atom. The van der Waals surface area contributed by atoms with Gasteiger partial charge >= 0.3 is 0 Å². The van der Waals surface area contributed by atoms with Crippen LogP contribution in [0.2, 0.25) is 0 Å². The van der Waals surface area contributed by atoms with Crippen LogP contribution in [-0.2, 0) is 4.79 Å². The second-order valence-corrected chi connectivity index (χ2v) is 6.67. The molecule has 0 saturated carbocycles. The monoisotopic (exact) mass is 292 g/mol. The lowest BCUT2D eigenvalue weighted by Crippen LogP contribution is -2.38. The molecule has 0 radical (unpaired) electrons. The van der Waals surface area contributed by atoms with E-state index < -0.39 is 0 Å². The molecular formula is C19H20N2O. The van der Waals surface area contributed by atoms with Crippen molar-refractivity contribution in [3.63, 3.8) is 0 Å². The minimum atomic E-state index is -0.138. The Hall–Kier alpha value is -2.42. The average Bonchev–Trinajstić information content (AvgIpc) is 3.07. The van der Waals surface area contributed by atoms with Crippen molar-refractivity contribution in [2.24, 2.45) is 5.41 Å². The van der Waals surface area contributed by atoms with Crippen molar-refractivity contribution in [1.82, 2.24) is 10.3 Å². The first-order valence-electron chi connectivity index (χ1n) is 7.50. The maximum Gasteiger partial charge on any atom is 0.252 e. The van der Waals surface area contributed by atoms with Crippen LogP contribution in [-0.4, -0.2) is 10.9 Å². The molecule has 0 spiro atoms. The maximum absolute atomic E-state index is 12.7. The molecular weight excluding hydrogens is 272 g/mol. The molecule has 2 aliphatic rings. The van der Waals surface area contributed by atoms with E-state index in [2.05, 4.69) is 31.1 Å². The Balaban J connectivity index is 1.82. The number of amides is 1. The number of hydrogen-bond acceptors (Lipinski definition) is 2. The molecule has 1 aromatic heterocycles. The number of carbonyl (C=O) groups is 1. The topological polar surface area (TPSA) is 42.0 Å². The largest absolute Gasteiger partial charge is 0.343 e. The number of nitrogens with one attached hydrogen (secondary N) is 1. The first-order valence-corrected chi connectivity index (χ1v) is 7.50. The summed E-state index contributed by atoms with van der Waals surface area (Å²) in [5.41, 5.74) is 3.60. The number of carbonyl (C=O) groups excluding carboxylic acids is 1. The van der Waals surface area contributed by atoms with Gasteiger partial charge in [-0.25, -0.2) is 0 Å². The summed E-state index contributed by atoms with van der Waals surface area (Å²) in [6.45, 7) is 6.32. The summed E-state index contributed by atoms with van der Waals surface area (Å²) in [6.07, 6.45) is 11.6. The third-order valence-corrected chi connectivity index (χ3v) is 3.94. The molecule has 3 heteroatoms. The van der Waals surface area contributed by atoms with Gasteiger partial charge < -0.3 is 5.32 Å². The summed E-state index contributed by atoms with van der Waals surface area (Å²) >= 11 is 0. The van der Waals surface area contributed by atoms with Gasteiger partial charge in [-0.3, -0.25) is 9.78 Å². The SMILES string of the molecule is CC(C)(C)[C@H](NC(=O)C1=CC=C2C=CC=C21)c1ccccn1. The van der Waals surface area contributed by atoms with Crippen LogP contribution < -0.4 is 5.32 Å². The van der Waals surface area contributed by atoms with Crippen molar-refractivity contribution in [1.29, 1.82) is 0 Å². The Kier molecular flexibility index (Phi) is 3.57. The van der Waals surface area contributed by atoms with Crippen LogP contribution in [0.3, 0.4) is 0 Å². The van der Waals surface area contributed by atoms with E-state index in [9.17, 15) is 4.79 Å². The molecule has 22 heavy (non-hydrogen) atoms. The predicted octanol–water partition coefficient (Wildman–Crippen LogP) is 3.65. The van der Waals surface area contributed by atoms with Crippen molar-refractivity contribution in [3.8, 4) is 0 Å². The molecule has 1 N–H and O–H groups in total. The number of nitrogens with zero attached hydrogens (tertiary/aromatic N) is 1. The van der Waals surface area contributed by atoms with Crippen LogP contribution >= 0.6 is 0 Å². The Bertz CT molecular complexity index is 716. The van der Waals surface area contributed by atoms with Crippen molar-refractivity contribution in [3.05, 3.63) is 77.2 Å². The zero-order valence-electron chi connectivity index (χ0n) is 13.1. The van der Waals surface area contributed by atoms with Gasteiger partial charge in [0.15, 0.2) is 0 Å². The molecule has 1 atom stereocenters. The summed E-state index contributed by atoms with van der Waals surface area (Å²) in [6, 6.07) is 5.65. The van der Waals surface area contributed by atoms with Crippen molar-refractivity contribution in [2.75, 3.05) is 0 Å². The van der Waals surface area contributed by atoms with Crippen LogP contribution in [0.4, 0.5) is 0 Å². The highest BCUT2D eigenvalue weighted by atomic mass is 16.1. The van der Waals surface area contributed by atoms with Crippen LogP contribution in [0.15, 0.2) is 71.5 Å². The minimum Gasteiger partial charge on any atom is -0.343 e. The molecule has 3 nitrogen and oxygen atoms in total. The van der Waals surface area contributed by atoms with Crippen molar-refractivity contribution in [2.45, 2.75) is 26.8 Å². The van der Waals surface area contributed by atoms with Gasteiger partial charge in [0.05, 0.1) is 11.7 Å². The van der Waals surface area contributed by atoms with E-state index in [-0.39, 0.29) is 17.4 Å². The van der Waals surface area contributed by atoms with Gasteiger partial charge in [-0.15, -0.1) is 0 Å². The third kappa shape index (κ3) is 2.67. The lowest BCUT2D eigenvalue weighted by Gasteiger charge is -2.31. The van der Waals surface area contributed by atoms with E-state index >= 15 is 0 Å². The maximum atomic E-state index is 12.7. The average molecular weight is 292 g/mol. The second-order valence-electron chi connectivity index (χ2n) is 6.67. The van der Waals surface area contributed by atoms with Gasteiger partial charge in [-0.2, -0.15) is 0 Å². The van der Waals surface area contributed by atoms with Crippen molar-refractivity contribution < 1.29 is 4.79 Å². The lowest BCUT2D eigenvalue weighted by atomic mass is 9.84. The molecule has 0 saturated heterocycles. The number of fused-ring (bicyclic) bond motifs is 1. The summed E-state index contributed by atoms with van der Waals surface area (Å²) in [4.78, 5) is 17.1. The van der Waals surface area contributed by atoms with E-state index in [1.54, 1.807) is 6.20 Å². The fraction of sp³-hybridized carbons (Fsp3) is 0.263. The highest BCUT2D eigenvalue weighted by Crippen LogP contribution is 2.34. The molecule has 112 valence electrons. The molecule has 1 amide bonds. The molecule has 0 aliphatic heterocycles. The summed E-state index contributed by atoms with van der Waals surface area (Å²) in [7, 11) is 0. The third-order valence-electron chi connectivity index (χ3n) is 3.94. The smallest absolute Gasteiger partial charge is 0.252 e. The molecule has 1 heterocycles. The summed E-state index contributed by atoms with van der Waals surface area (Å²) in [5.74, 6) is -0.0493. The molecule has 0 bridgehead atoms. The number of rotatable bonds is 3. The first kappa shape index (κ1) is 14.5. The quantitative estimate of drug-likeness (QED) is 0.924. The first-order chi connectivity index (χ1) is 10.5. The zero-order valence-corrected chi connectivity index (χ0v) is 13.1. The second kappa shape index (κ2) is 5.41. The highest BCUT2D eigenvalue weighted by molar-refractivity contribution is 6.02. The predicted molar refractivity (Wildman–Crippen MR) is 88.0 cm³/mol. The van der Waals surface area contributed by atoms with Crippen LogP contribution in [0.1, 0.15) is 32.5 Å². The highest BCUT2D eigenvalue weighted by Gasteiger charge is 2.31. The Labute approximate surface area is 131 Å².